The quantitative estimate of drug-likeness (QED) is 0.476. The van der Waals surface area contributed by atoms with Gasteiger partial charge in [-0.25, -0.2) is 5.43 Å². The molecule has 0 radical (unpaired) electrons. The molecule has 3 rings (SSSR count). The molecule has 0 saturated carbocycles. The Morgan fingerprint density at radius 1 is 1.10 bits per heavy atom. The lowest BCUT2D eigenvalue weighted by Crippen LogP contribution is -2.38. The van der Waals surface area contributed by atoms with Crippen LogP contribution in [0.4, 0.5) is 0 Å². The molecule has 7 heteroatoms. The number of rotatable bonds is 9. The van der Waals surface area contributed by atoms with Gasteiger partial charge >= 0.3 is 0 Å². The van der Waals surface area contributed by atoms with E-state index in [0.29, 0.717) is 5.75 Å². The summed E-state index contributed by atoms with van der Waals surface area (Å²) in [7, 11) is 0. The molecule has 0 aliphatic carbocycles. The minimum Gasteiger partial charge on any atom is -0.484 e. The summed E-state index contributed by atoms with van der Waals surface area (Å²) in [5, 5.41) is 3.84. The fraction of sp³-hybridized carbons (Fsp3) is 0.375. The van der Waals surface area contributed by atoms with Crippen LogP contribution in [0.1, 0.15) is 37.3 Å². The lowest BCUT2D eigenvalue weighted by atomic mass is 10.1. The van der Waals surface area contributed by atoms with Crippen LogP contribution in [0.25, 0.3) is 0 Å². The van der Waals surface area contributed by atoms with Crippen LogP contribution < -0.4 is 10.2 Å². The maximum atomic E-state index is 12.2. The standard InChI is InChI=1S/C24H29N3O3S/c1-19(31-18-21-8-4-2-5-9-21)24(29)26-25-16-20-10-12-22(13-11-20)30-17-23(28)27-14-6-3-7-15-27/h2,4-5,8-13,16,19H,3,6-7,14-15,17-18H2,1H3,(H,26,29)/b25-16-/t19-/m1/s1. The molecule has 1 N–H and O–H groups in total. The van der Waals surface area contributed by atoms with Crippen LogP contribution in [0.3, 0.4) is 0 Å². The molecule has 0 unspecified atom stereocenters. The molecule has 6 nitrogen and oxygen atoms in total. The maximum Gasteiger partial charge on any atom is 0.260 e. The molecule has 2 amide bonds. The average Bonchev–Trinajstić information content (AvgIpc) is 2.83. The Labute approximate surface area is 188 Å². The summed E-state index contributed by atoms with van der Waals surface area (Å²) in [5.74, 6) is 1.32. The van der Waals surface area contributed by atoms with Crippen LogP contribution in [-0.4, -0.2) is 47.9 Å². The molecule has 1 aliphatic rings. The molecule has 0 spiro atoms. The fourth-order valence-electron chi connectivity index (χ4n) is 3.16. The highest BCUT2D eigenvalue weighted by molar-refractivity contribution is 7.99. The summed E-state index contributed by atoms with van der Waals surface area (Å²) in [4.78, 5) is 26.2. The summed E-state index contributed by atoms with van der Waals surface area (Å²) >= 11 is 1.57. The van der Waals surface area contributed by atoms with Gasteiger partial charge in [0.05, 0.1) is 11.5 Å². The molecular weight excluding hydrogens is 410 g/mol. The van der Waals surface area contributed by atoms with Crippen LogP contribution in [0, 0.1) is 0 Å². The van der Waals surface area contributed by atoms with E-state index < -0.39 is 0 Å². The van der Waals surface area contributed by atoms with Crippen LogP contribution in [0.15, 0.2) is 59.7 Å². The first-order chi connectivity index (χ1) is 15.1. The largest absolute Gasteiger partial charge is 0.484 e. The second kappa shape index (κ2) is 12.2. The van der Waals surface area contributed by atoms with Gasteiger partial charge in [0.1, 0.15) is 5.75 Å². The summed E-state index contributed by atoms with van der Waals surface area (Å²) < 4.78 is 5.61. The molecule has 2 aromatic carbocycles. The van der Waals surface area contributed by atoms with Gasteiger partial charge in [-0.15, -0.1) is 11.8 Å². The molecule has 1 aliphatic heterocycles. The predicted molar refractivity (Wildman–Crippen MR) is 125 cm³/mol. The van der Waals surface area contributed by atoms with Crippen molar-refractivity contribution in [2.75, 3.05) is 19.7 Å². The zero-order valence-electron chi connectivity index (χ0n) is 17.8. The molecule has 164 valence electrons. The number of likely N-dealkylation sites (tertiary alicyclic amines) is 1. The number of hydrogen-bond acceptors (Lipinski definition) is 5. The number of carbonyl (C=O) groups excluding carboxylic acids is 2. The van der Waals surface area contributed by atoms with E-state index >= 15 is 0 Å². The van der Waals surface area contributed by atoms with E-state index in [0.717, 1.165) is 37.2 Å². The van der Waals surface area contributed by atoms with Crippen molar-refractivity contribution < 1.29 is 14.3 Å². The van der Waals surface area contributed by atoms with E-state index in [-0.39, 0.29) is 23.7 Å². The van der Waals surface area contributed by atoms with Gasteiger partial charge in [0.25, 0.3) is 11.8 Å². The zero-order chi connectivity index (χ0) is 21.9. The highest BCUT2D eigenvalue weighted by Crippen LogP contribution is 2.17. The van der Waals surface area contributed by atoms with Crippen molar-refractivity contribution in [1.29, 1.82) is 0 Å². The second-order valence-corrected chi connectivity index (χ2v) is 8.80. The number of hydrazone groups is 1. The minimum atomic E-state index is -0.203. The predicted octanol–water partition coefficient (Wildman–Crippen LogP) is 3.85. The number of hydrogen-bond donors (Lipinski definition) is 1. The molecule has 1 heterocycles. The van der Waals surface area contributed by atoms with Gasteiger partial charge in [-0.2, -0.15) is 5.10 Å². The van der Waals surface area contributed by atoms with Crippen molar-refractivity contribution in [2.45, 2.75) is 37.2 Å². The SMILES string of the molecule is C[C@@H](SCc1ccccc1)C(=O)N/N=C\c1ccc(OCC(=O)N2CCCCC2)cc1. The molecule has 2 aromatic rings. The first-order valence-electron chi connectivity index (χ1n) is 10.6. The van der Waals surface area contributed by atoms with Crippen LogP contribution in [0.5, 0.6) is 5.75 Å². The molecule has 31 heavy (non-hydrogen) atoms. The average molecular weight is 440 g/mol. The summed E-state index contributed by atoms with van der Waals surface area (Å²) in [6.07, 6.45) is 4.93. The van der Waals surface area contributed by atoms with Gasteiger partial charge in [0, 0.05) is 18.8 Å². The molecule has 1 fully saturated rings. The number of thioether (sulfide) groups is 1. The number of carbonyl (C=O) groups is 2. The number of nitrogens with zero attached hydrogens (tertiary/aromatic N) is 2. The van der Waals surface area contributed by atoms with Crippen LogP contribution in [-0.2, 0) is 15.3 Å². The lowest BCUT2D eigenvalue weighted by molar-refractivity contribution is -0.134. The smallest absolute Gasteiger partial charge is 0.260 e. The van der Waals surface area contributed by atoms with E-state index in [1.54, 1.807) is 30.1 Å². The third kappa shape index (κ3) is 7.75. The van der Waals surface area contributed by atoms with Gasteiger partial charge < -0.3 is 9.64 Å². The highest BCUT2D eigenvalue weighted by atomic mass is 32.2. The third-order valence-electron chi connectivity index (χ3n) is 5.05. The van der Waals surface area contributed by atoms with Gasteiger partial charge in [-0.05, 0) is 61.6 Å². The van der Waals surface area contributed by atoms with Crippen molar-refractivity contribution in [3.63, 3.8) is 0 Å². The summed E-state index contributed by atoms with van der Waals surface area (Å²) in [5.41, 5.74) is 4.61. The Balaban J connectivity index is 1.38. The van der Waals surface area contributed by atoms with Gasteiger partial charge in [-0.3, -0.25) is 9.59 Å². The first kappa shape index (κ1) is 22.9. The second-order valence-electron chi connectivity index (χ2n) is 7.47. The number of piperidine rings is 1. The Bertz CT molecular complexity index is 865. The first-order valence-corrected chi connectivity index (χ1v) is 11.7. The maximum absolute atomic E-state index is 12.2. The van der Waals surface area contributed by atoms with Gasteiger partial charge in [-0.1, -0.05) is 30.3 Å². The van der Waals surface area contributed by atoms with Crippen molar-refractivity contribution in [1.82, 2.24) is 10.3 Å². The Morgan fingerprint density at radius 2 is 1.81 bits per heavy atom. The van der Waals surface area contributed by atoms with E-state index in [1.807, 2.05) is 54.3 Å². The molecule has 0 aromatic heterocycles. The zero-order valence-corrected chi connectivity index (χ0v) is 18.6. The van der Waals surface area contributed by atoms with E-state index in [1.165, 1.54) is 12.0 Å². The minimum absolute atomic E-state index is 0.0345. The topological polar surface area (TPSA) is 71.0 Å². The molecule has 0 bridgehead atoms. The van der Waals surface area contributed by atoms with Gasteiger partial charge in [0.2, 0.25) is 0 Å². The molecule has 1 atom stereocenters. The van der Waals surface area contributed by atoms with Crippen LogP contribution >= 0.6 is 11.8 Å². The van der Waals surface area contributed by atoms with Crippen molar-refractivity contribution in [2.24, 2.45) is 5.10 Å². The van der Waals surface area contributed by atoms with Crippen LogP contribution in [0.2, 0.25) is 0 Å². The van der Waals surface area contributed by atoms with Crippen molar-refractivity contribution in [3.8, 4) is 5.75 Å². The number of benzene rings is 2. The molecule has 1 saturated heterocycles. The Kier molecular flexibility index (Phi) is 8.97. The number of ether oxygens (including phenoxy) is 1. The summed E-state index contributed by atoms with van der Waals surface area (Å²) in [6.45, 7) is 3.58. The van der Waals surface area contributed by atoms with E-state index in [2.05, 4.69) is 10.5 Å². The normalized spacial score (nSPS) is 14.9. The van der Waals surface area contributed by atoms with E-state index in [9.17, 15) is 9.59 Å². The Hall–Kier alpha value is -2.80. The fourth-order valence-corrected chi connectivity index (χ4v) is 4.00. The third-order valence-corrected chi connectivity index (χ3v) is 6.27. The number of nitrogens with one attached hydrogen (secondary N) is 1. The molecular formula is C24H29N3O3S. The highest BCUT2D eigenvalue weighted by Gasteiger charge is 2.16. The van der Waals surface area contributed by atoms with Crippen molar-refractivity contribution in [3.05, 3.63) is 65.7 Å². The monoisotopic (exact) mass is 439 g/mol. The van der Waals surface area contributed by atoms with E-state index in [4.69, 9.17) is 4.74 Å². The summed E-state index contributed by atoms with van der Waals surface area (Å²) in [6, 6.07) is 17.3. The number of amides is 2. The van der Waals surface area contributed by atoms with Crippen molar-refractivity contribution >= 4 is 29.8 Å². The Morgan fingerprint density at radius 3 is 2.52 bits per heavy atom. The van der Waals surface area contributed by atoms with Gasteiger partial charge in [0.15, 0.2) is 6.61 Å². The lowest BCUT2D eigenvalue weighted by Gasteiger charge is -2.26.